The number of sulfonamides is 1. The minimum atomic E-state index is -3.44. The van der Waals surface area contributed by atoms with E-state index in [1.165, 1.54) is 10.4 Å². The molecule has 0 atom stereocenters. The fourth-order valence-electron chi connectivity index (χ4n) is 2.18. The average molecular weight is 328 g/mol. The molecule has 6 nitrogen and oxygen atoms in total. The largest absolute Gasteiger partial charge is 0.308 e. The maximum Gasteiger partial charge on any atom is 0.252 e. The molecule has 0 radical (unpaired) electrons. The number of nitrogens with zero attached hydrogens (tertiary/aromatic N) is 4. The summed E-state index contributed by atoms with van der Waals surface area (Å²) < 4.78 is 26.8. The Morgan fingerprint density at radius 3 is 2.48 bits per heavy atom. The highest BCUT2D eigenvalue weighted by Gasteiger charge is 2.29. The predicted octanol–water partition coefficient (Wildman–Crippen LogP) is 0.488. The van der Waals surface area contributed by atoms with Crippen molar-refractivity contribution in [1.29, 1.82) is 5.26 Å². The van der Waals surface area contributed by atoms with E-state index in [0.717, 1.165) is 37.5 Å². The molecule has 0 bridgehead atoms. The molecule has 0 aliphatic carbocycles. The maximum atomic E-state index is 12.5. The molecule has 0 spiro atoms. The molecular weight excluding hydrogens is 308 g/mol. The predicted molar refractivity (Wildman–Crippen MR) is 82.8 cm³/mol. The lowest BCUT2D eigenvalue weighted by Gasteiger charge is -2.34. The van der Waals surface area contributed by atoms with Crippen molar-refractivity contribution in [3.05, 3.63) is 17.0 Å². The van der Waals surface area contributed by atoms with Crippen molar-refractivity contribution in [2.75, 3.05) is 53.4 Å². The van der Waals surface area contributed by atoms with Crippen LogP contribution in [0, 0.1) is 11.3 Å². The van der Waals surface area contributed by atoms with E-state index in [4.69, 9.17) is 5.26 Å². The van der Waals surface area contributed by atoms with E-state index in [0.29, 0.717) is 18.0 Å². The van der Waals surface area contributed by atoms with Crippen LogP contribution < -0.4 is 0 Å². The Hall–Kier alpha value is -0.980. The van der Waals surface area contributed by atoms with Crippen molar-refractivity contribution in [1.82, 2.24) is 14.1 Å². The second-order valence-corrected chi connectivity index (χ2v) is 8.53. The van der Waals surface area contributed by atoms with Crippen LogP contribution >= 0.6 is 11.3 Å². The fraction of sp³-hybridized carbons (Fsp3) is 0.615. The van der Waals surface area contributed by atoms with Crippen molar-refractivity contribution < 1.29 is 8.42 Å². The third kappa shape index (κ3) is 4.02. The summed E-state index contributed by atoms with van der Waals surface area (Å²) in [7, 11) is 0.622. The summed E-state index contributed by atoms with van der Waals surface area (Å²) in [5, 5.41) is 8.81. The molecule has 1 aliphatic heterocycles. The first-order chi connectivity index (χ1) is 9.93. The van der Waals surface area contributed by atoms with E-state index >= 15 is 0 Å². The van der Waals surface area contributed by atoms with Crippen molar-refractivity contribution in [3.63, 3.8) is 0 Å². The first kappa shape index (κ1) is 16.4. The number of nitriles is 1. The van der Waals surface area contributed by atoms with Crippen molar-refractivity contribution in [3.8, 4) is 6.07 Å². The second kappa shape index (κ2) is 6.85. The normalized spacial score (nSPS) is 18.0. The van der Waals surface area contributed by atoms with E-state index in [9.17, 15) is 8.42 Å². The van der Waals surface area contributed by atoms with Gasteiger partial charge in [-0.1, -0.05) is 0 Å². The van der Waals surface area contributed by atoms with Crippen LogP contribution in [-0.2, 0) is 10.0 Å². The summed E-state index contributed by atoms with van der Waals surface area (Å²) in [6.07, 6.45) is 0. The highest BCUT2D eigenvalue weighted by Crippen LogP contribution is 2.25. The van der Waals surface area contributed by atoms with E-state index in [1.54, 1.807) is 6.07 Å². The molecule has 0 N–H and O–H groups in total. The number of rotatable bonds is 5. The average Bonchev–Trinajstić information content (AvgIpc) is 2.95. The van der Waals surface area contributed by atoms with Crippen LogP contribution in [0.15, 0.2) is 16.3 Å². The van der Waals surface area contributed by atoms with Crippen LogP contribution in [0.5, 0.6) is 0 Å². The highest BCUT2D eigenvalue weighted by atomic mass is 32.2. The molecule has 1 aromatic heterocycles. The zero-order valence-corrected chi connectivity index (χ0v) is 14.0. The summed E-state index contributed by atoms with van der Waals surface area (Å²) >= 11 is 1.04. The first-order valence-corrected chi connectivity index (χ1v) is 9.06. The minimum Gasteiger partial charge on any atom is -0.308 e. The second-order valence-electron chi connectivity index (χ2n) is 5.28. The third-order valence-corrected chi connectivity index (χ3v) is 6.84. The van der Waals surface area contributed by atoms with Gasteiger partial charge < -0.3 is 4.90 Å². The van der Waals surface area contributed by atoms with Gasteiger partial charge in [-0.2, -0.15) is 9.57 Å². The monoisotopic (exact) mass is 328 g/mol. The Morgan fingerprint density at radius 2 is 1.95 bits per heavy atom. The number of thiophene rings is 1. The Labute approximate surface area is 130 Å². The zero-order valence-electron chi connectivity index (χ0n) is 12.3. The van der Waals surface area contributed by atoms with Gasteiger partial charge in [0.2, 0.25) is 0 Å². The van der Waals surface area contributed by atoms with E-state index < -0.39 is 10.0 Å². The van der Waals surface area contributed by atoms with Crippen LogP contribution in [0.1, 0.15) is 4.88 Å². The molecule has 2 rings (SSSR count). The summed E-state index contributed by atoms with van der Waals surface area (Å²) in [5.74, 6) is 0. The van der Waals surface area contributed by atoms with Gasteiger partial charge in [0, 0.05) is 39.3 Å². The van der Waals surface area contributed by atoms with Crippen LogP contribution in [0.4, 0.5) is 0 Å². The molecule has 0 amide bonds. The molecule has 1 saturated heterocycles. The molecule has 116 valence electrons. The Balaban J connectivity index is 1.96. The van der Waals surface area contributed by atoms with Crippen molar-refractivity contribution >= 4 is 21.4 Å². The van der Waals surface area contributed by atoms with E-state index in [-0.39, 0.29) is 4.21 Å². The van der Waals surface area contributed by atoms with E-state index in [1.807, 2.05) is 20.2 Å². The van der Waals surface area contributed by atoms with Gasteiger partial charge >= 0.3 is 0 Å². The van der Waals surface area contributed by atoms with Gasteiger partial charge in [0.25, 0.3) is 10.0 Å². The lowest BCUT2D eigenvalue weighted by atomic mass is 10.3. The number of hydrogen-bond donors (Lipinski definition) is 0. The van der Waals surface area contributed by atoms with Gasteiger partial charge in [0.1, 0.15) is 15.2 Å². The lowest BCUT2D eigenvalue weighted by Crippen LogP contribution is -2.49. The molecular formula is C13H20N4O2S2. The summed E-state index contributed by atoms with van der Waals surface area (Å²) in [4.78, 5) is 4.83. The van der Waals surface area contributed by atoms with Gasteiger partial charge in [0.05, 0.1) is 0 Å². The van der Waals surface area contributed by atoms with Gasteiger partial charge in [-0.15, -0.1) is 11.3 Å². The van der Waals surface area contributed by atoms with Crippen LogP contribution in [-0.4, -0.2) is 75.9 Å². The molecule has 0 unspecified atom stereocenters. The van der Waals surface area contributed by atoms with Crippen molar-refractivity contribution in [2.24, 2.45) is 0 Å². The number of likely N-dealkylation sites (N-methyl/N-ethyl adjacent to an activating group) is 1. The third-order valence-electron chi connectivity index (χ3n) is 3.48. The smallest absolute Gasteiger partial charge is 0.252 e. The van der Waals surface area contributed by atoms with Gasteiger partial charge in [-0.25, -0.2) is 8.42 Å². The quantitative estimate of drug-likeness (QED) is 0.787. The highest BCUT2D eigenvalue weighted by molar-refractivity contribution is 7.91. The maximum absolute atomic E-state index is 12.5. The molecule has 2 heterocycles. The molecule has 21 heavy (non-hydrogen) atoms. The summed E-state index contributed by atoms with van der Waals surface area (Å²) in [6, 6.07) is 5.06. The topological polar surface area (TPSA) is 67.7 Å². The minimum absolute atomic E-state index is 0.265. The fourth-order valence-corrected chi connectivity index (χ4v) is 4.86. The van der Waals surface area contributed by atoms with Gasteiger partial charge in [-0.05, 0) is 26.2 Å². The molecule has 1 aromatic rings. The summed E-state index contributed by atoms with van der Waals surface area (Å²) in [5.41, 5.74) is 0. The first-order valence-electron chi connectivity index (χ1n) is 6.80. The SMILES string of the molecule is CN(C)CCN1CCN(S(=O)(=O)c2ccc(C#N)s2)CC1. The number of piperazine rings is 1. The van der Waals surface area contributed by atoms with Crippen LogP contribution in [0.3, 0.4) is 0 Å². The Kier molecular flexibility index (Phi) is 5.35. The molecule has 1 fully saturated rings. The Morgan fingerprint density at radius 1 is 1.29 bits per heavy atom. The number of hydrogen-bond acceptors (Lipinski definition) is 6. The Bertz CT molecular complexity index is 610. The zero-order chi connectivity index (χ0) is 15.5. The van der Waals surface area contributed by atoms with Crippen molar-refractivity contribution in [2.45, 2.75) is 4.21 Å². The molecule has 8 heteroatoms. The molecule has 0 saturated carbocycles. The van der Waals surface area contributed by atoms with Crippen LogP contribution in [0.2, 0.25) is 0 Å². The molecule has 0 aromatic carbocycles. The molecule has 1 aliphatic rings. The summed E-state index contributed by atoms with van der Waals surface area (Å²) in [6.45, 7) is 4.46. The van der Waals surface area contributed by atoms with E-state index in [2.05, 4.69) is 9.80 Å². The lowest BCUT2D eigenvalue weighted by molar-refractivity contribution is 0.175. The van der Waals surface area contributed by atoms with Crippen LogP contribution in [0.25, 0.3) is 0 Å². The standard InChI is InChI=1S/C13H20N4O2S2/c1-15(2)5-6-16-7-9-17(10-8-16)21(18,19)13-4-3-12(11-14)20-13/h3-4H,5-10H2,1-2H3. The van der Waals surface area contributed by atoms with Gasteiger partial charge in [0.15, 0.2) is 0 Å². The van der Waals surface area contributed by atoms with Gasteiger partial charge in [-0.3, -0.25) is 4.90 Å².